The SMILES string of the molecule is Cc1ccc2nc(O)c(C(=O)NCCC(C)C)c(=O)n2c1. The molecule has 6 nitrogen and oxygen atoms in total. The first-order chi connectivity index (χ1) is 9.90. The van der Waals surface area contributed by atoms with E-state index in [4.69, 9.17) is 0 Å². The Morgan fingerprint density at radius 3 is 2.81 bits per heavy atom. The summed E-state index contributed by atoms with van der Waals surface area (Å²) >= 11 is 0. The van der Waals surface area contributed by atoms with Crippen LogP contribution in [0.5, 0.6) is 5.88 Å². The number of nitrogens with one attached hydrogen (secondary N) is 1. The summed E-state index contributed by atoms with van der Waals surface area (Å²) in [7, 11) is 0. The number of nitrogens with zero attached hydrogens (tertiary/aromatic N) is 2. The first kappa shape index (κ1) is 15.0. The van der Waals surface area contributed by atoms with Crippen LogP contribution in [0.15, 0.2) is 23.1 Å². The van der Waals surface area contributed by atoms with Gasteiger partial charge in [0.25, 0.3) is 11.5 Å². The summed E-state index contributed by atoms with van der Waals surface area (Å²) < 4.78 is 1.27. The molecular formula is C15H19N3O3. The molecule has 0 fully saturated rings. The zero-order valence-electron chi connectivity index (χ0n) is 12.4. The molecule has 0 aromatic carbocycles. The topological polar surface area (TPSA) is 83.7 Å². The molecule has 2 rings (SSSR count). The third kappa shape index (κ3) is 3.21. The second-order valence-electron chi connectivity index (χ2n) is 5.49. The van der Waals surface area contributed by atoms with E-state index >= 15 is 0 Å². The van der Waals surface area contributed by atoms with Gasteiger partial charge >= 0.3 is 0 Å². The summed E-state index contributed by atoms with van der Waals surface area (Å²) in [5.41, 5.74) is 0.287. The summed E-state index contributed by atoms with van der Waals surface area (Å²) in [5, 5.41) is 12.5. The third-order valence-electron chi connectivity index (χ3n) is 3.19. The van der Waals surface area contributed by atoms with Crippen LogP contribution in [0.25, 0.3) is 5.65 Å². The Morgan fingerprint density at radius 1 is 1.43 bits per heavy atom. The van der Waals surface area contributed by atoms with Crippen LogP contribution in [-0.4, -0.2) is 26.9 Å². The Morgan fingerprint density at radius 2 is 2.14 bits per heavy atom. The lowest BCUT2D eigenvalue weighted by molar-refractivity contribution is 0.0947. The maximum absolute atomic E-state index is 12.3. The number of amides is 1. The van der Waals surface area contributed by atoms with Crippen molar-refractivity contribution in [3.63, 3.8) is 0 Å². The highest BCUT2D eigenvalue weighted by Crippen LogP contribution is 2.12. The summed E-state index contributed by atoms with van der Waals surface area (Å²) in [6, 6.07) is 3.40. The zero-order chi connectivity index (χ0) is 15.6. The highest BCUT2D eigenvalue weighted by Gasteiger charge is 2.19. The molecule has 0 unspecified atom stereocenters. The van der Waals surface area contributed by atoms with Crippen LogP contribution in [0.1, 0.15) is 36.2 Å². The van der Waals surface area contributed by atoms with E-state index in [0.717, 1.165) is 12.0 Å². The molecule has 2 heterocycles. The highest BCUT2D eigenvalue weighted by atomic mass is 16.3. The molecule has 0 aliphatic carbocycles. The Labute approximate surface area is 122 Å². The van der Waals surface area contributed by atoms with E-state index in [9.17, 15) is 14.7 Å². The minimum atomic E-state index is -0.596. The van der Waals surface area contributed by atoms with E-state index in [-0.39, 0.29) is 5.56 Å². The number of rotatable bonds is 4. The van der Waals surface area contributed by atoms with Crippen molar-refractivity contribution in [3.8, 4) is 5.88 Å². The number of aromatic hydroxyl groups is 1. The van der Waals surface area contributed by atoms with Crippen LogP contribution in [-0.2, 0) is 0 Å². The van der Waals surface area contributed by atoms with Gasteiger partial charge in [-0.05, 0) is 30.9 Å². The monoisotopic (exact) mass is 289 g/mol. The van der Waals surface area contributed by atoms with E-state index in [1.807, 2.05) is 20.8 Å². The van der Waals surface area contributed by atoms with Crippen molar-refractivity contribution in [2.45, 2.75) is 27.2 Å². The van der Waals surface area contributed by atoms with Crippen molar-refractivity contribution in [1.29, 1.82) is 0 Å². The van der Waals surface area contributed by atoms with E-state index in [1.54, 1.807) is 18.3 Å². The van der Waals surface area contributed by atoms with E-state index < -0.39 is 17.3 Å². The molecule has 0 bridgehead atoms. The average molecular weight is 289 g/mol. The quantitative estimate of drug-likeness (QED) is 0.893. The summed E-state index contributed by atoms with van der Waals surface area (Å²) in [6.07, 6.45) is 2.39. The first-order valence-corrected chi connectivity index (χ1v) is 6.90. The van der Waals surface area contributed by atoms with Crippen LogP contribution in [0.3, 0.4) is 0 Å². The molecule has 21 heavy (non-hydrogen) atoms. The van der Waals surface area contributed by atoms with Gasteiger partial charge in [0, 0.05) is 12.7 Å². The van der Waals surface area contributed by atoms with Crippen LogP contribution in [0, 0.1) is 12.8 Å². The Kier molecular flexibility index (Phi) is 4.26. The molecule has 2 aromatic heterocycles. The van der Waals surface area contributed by atoms with Gasteiger partial charge in [-0.1, -0.05) is 19.9 Å². The first-order valence-electron chi connectivity index (χ1n) is 6.90. The highest BCUT2D eigenvalue weighted by molar-refractivity contribution is 5.96. The standard InChI is InChI=1S/C15H19N3O3/c1-9(2)6-7-16-13(19)12-14(20)17-11-5-4-10(3)8-18(11)15(12)21/h4-5,8-9,20H,6-7H2,1-3H3,(H,16,19). The van der Waals surface area contributed by atoms with Gasteiger partial charge in [-0.15, -0.1) is 0 Å². The Hall–Kier alpha value is -2.37. The molecule has 0 atom stereocenters. The fourth-order valence-corrected chi connectivity index (χ4v) is 1.99. The Bertz CT molecular complexity index is 735. The van der Waals surface area contributed by atoms with Gasteiger partial charge < -0.3 is 10.4 Å². The van der Waals surface area contributed by atoms with Crippen LogP contribution in [0.4, 0.5) is 0 Å². The van der Waals surface area contributed by atoms with Gasteiger partial charge in [0.2, 0.25) is 5.88 Å². The molecule has 6 heteroatoms. The van der Waals surface area contributed by atoms with Gasteiger partial charge in [0.15, 0.2) is 5.56 Å². The lowest BCUT2D eigenvalue weighted by Gasteiger charge is -2.09. The van der Waals surface area contributed by atoms with Crippen molar-refractivity contribution >= 4 is 11.6 Å². The number of pyridine rings is 1. The van der Waals surface area contributed by atoms with Gasteiger partial charge in [-0.3, -0.25) is 14.0 Å². The van der Waals surface area contributed by atoms with Crippen LogP contribution < -0.4 is 10.9 Å². The molecule has 1 amide bonds. The molecular weight excluding hydrogens is 270 g/mol. The van der Waals surface area contributed by atoms with Crippen molar-refractivity contribution < 1.29 is 9.90 Å². The van der Waals surface area contributed by atoms with Gasteiger partial charge in [-0.2, -0.15) is 4.98 Å². The fraction of sp³-hybridized carbons (Fsp3) is 0.400. The molecule has 0 aliphatic heterocycles. The molecule has 112 valence electrons. The minimum Gasteiger partial charge on any atom is -0.493 e. The number of carbonyl (C=O) groups excluding carboxylic acids is 1. The van der Waals surface area contributed by atoms with Crippen LogP contribution >= 0.6 is 0 Å². The molecule has 0 saturated heterocycles. The van der Waals surface area contributed by atoms with Crippen LogP contribution in [0.2, 0.25) is 0 Å². The summed E-state index contributed by atoms with van der Waals surface area (Å²) in [6.45, 7) is 6.37. The molecule has 2 N–H and O–H groups in total. The van der Waals surface area contributed by atoms with Crippen molar-refractivity contribution in [3.05, 3.63) is 39.8 Å². The van der Waals surface area contributed by atoms with E-state index in [2.05, 4.69) is 10.3 Å². The zero-order valence-corrected chi connectivity index (χ0v) is 12.4. The molecule has 0 saturated carbocycles. The number of fused-ring (bicyclic) bond motifs is 1. The van der Waals surface area contributed by atoms with Gasteiger partial charge in [-0.25, -0.2) is 0 Å². The predicted molar refractivity (Wildman–Crippen MR) is 79.7 cm³/mol. The predicted octanol–water partition coefficient (Wildman–Crippen LogP) is 1.48. The average Bonchev–Trinajstić information content (AvgIpc) is 2.39. The normalized spacial score (nSPS) is 11.0. The molecule has 0 spiro atoms. The van der Waals surface area contributed by atoms with Gasteiger partial charge in [0.05, 0.1) is 0 Å². The summed E-state index contributed by atoms with van der Waals surface area (Å²) in [4.78, 5) is 28.3. The minimum absolute atomic E-state index is 0.307. The maximum Gasteiger partial charge on any atom is 0.274 e. The van der Waals surface area contributed by atoms with Crippen molar-refractivity contribution in [2.24, 2.45) is 5.92 Å². The van der Waals surface area contributed by atoms with Gasteiger partial charge in [0.1, 0.15) is 5.65 Å². The largest absolute Gasteiger partial charge is 0.493 e. The second-order valence-corrected chi connectivity index (χ2v) is 5.49. The number of aromatic nitrogens is 2. The van der Waals surface area contributed by atoms with Crippen molar-refractivity contribution in [1.82, 2.24) is 14.7 Å². The lowest BCUT2D eigenvalue weighted by Crippen LogP contribution is -2.32. The number of aryl methyl sites for hydroxylation is 1. The fourth-order valence-electron chi connectivity index (χ4n) is 1.99. The third-order valence-corrected chi connectivity index (χ3v) is 3.19. The van der Waals surface area contributed by atoms with Crippen molar-refractivity contribution in [2.75, 3.05) is 6.54 Å². The van der Waals surface area contributed by atoms with E-state index in [1.165, 1.54) is 4.40 Å². The molecule has 0 aliphatic rings. The molecule has 2 aromatic rings. The molecule has 0 radical (unpaired) electrons. The number of carbonyl (C=O) groups is 1. The maximum atomic E-state index is 12.3. The Balaban J connectivity index is 2.39. The smallest absolute Gasteiger partial charge is 0.274 e. The van der Waals surface area contributed by atoms with E-state index in [0.29, 0.717) is 18.1 Å². The number of hydrogen-bond acceptors (Lipinski definition) is 4. The number of hydrogen-bond donors (Lipinski definition) is 2. The summed E-state index contributed by atoms with van der Waals surface area (Å²) in [5.74, 6) is -0.690. The second kappa shape index (κ2) is 5.95. The lowest BCUT2D eigenvalue weighted by atomic mass is 10.1.